The summed E-state index contributed by atoms with van der Waals surface area (Å²) >= 11 is 7.64. The summed E-state index contributed by atoms with van der Waals surface area (Å²) in [6.45, 7) is 4.78. The molecule has 1 aliphatic heterocycles. The number of aromatic nitrogens is 3. The van der Waals surface area contributed by atoms with Crippen molar-refractivity contribution < 1.29 is 13.9 Å². The van der Waals surface area contributed by atoms with Crippen molar-refractivity contribution in [1.82, 2.24) is 14.8 Å². The normalized spacial score (nSPS) is 18.9. The van der Waals surface area contributed by atoms with Gasteiger partial charge < -0.3 is 4.74 Å². The van der Waals surface area contributed by atoms with Gasteiger partial charge in [-0.25, -0.2) is 14.1 Å². The van der Waals surface area contributed by atoms with Crippen molar-refractivity contribution in [3.63, 3.8) is 0 Å². The molecule has 30 heavy (non-hydrogen) atoms. The van der Waals surface area contributed by atoms with Crippen LogP contribution in [0, 0.1) is 5.92 Å². The van der Waals surface area contributed by atoms with Gasteiger partial charge in [-0.3, -0.25) is 4.79 Å². The van der Waals surface area contributed by atoms with E-state index in [-0.39, 0.29) is 24.9 Å². The molecule has 0 fully saturated rings. The van der Waals surface area contributed by atoms with Crippen LogP contribution in [0.1, 0.15) is 76.0 Å². The molecule has 2 heterocycles. The van der Waals surface area contributed by atoms with Crippen LogP contribution < -0.4 is 0 Å². The average molecular weight is 454 g/mol. The molecular formula is C22H29ClFN3O2S. The fraction of sp³-hybridized carbons (Fsp3) is 0.591. The summed E-state index contributed by atoms with van der Waals surface area (Å²) in [7, 11) is 0. The number of benzene rings is 1. The Morgan fingerprint density at radius 3 is 2.93 bits per heavy atom. The van der Waals surface area contributed by atoms with Crippen molar-refractivity contribution in [2.24, 2.45) is 5.92 Å². The molecule has 1 unspecified atom stereocenters. The van der Waals surface area contributed by atoms with E-state index in [9.17, 15) is 9.18 Å². The number of halogens is 2. The minimum Gasteiger partial charge on any atom is -0.465 e. The number of nitrogens with zero attached hydrogens (tertiary/aromatic N) is 3. The van der Waals surface area contributed by atoms with E-state index in [2.05, 4.69) is 23.9 Å². The highest BCUT2D eigenvalue weighted by molar-refractivity contribution is 7.99. The molecule has 0 radical (unpaired) electrons. The summed E-state index contributed by atoms with van der Waals surface area (Å²) in [5, 5.41) is 5.55. The summed E-state index contributed by atoms with van der Waals surface area (Å²) < 4.78 is 21.6. The highest BCUT2D eigenvalue weighted by atomic mass is 35.5. The van der Waals surface area contributed by atoms with Gasteiger partial charge in [-0.15, -0.1) is 5.10 Å². The van der Waals surface area contributed by atoms with Crippen LogP contribution in [0.5, 0.6) is 0 Å². The number of unbranched alkanes of at least 4 members (excludes halogenated alkanes) is 1. The first-order chi connectivity index (χ1) is 14.5. The van der Waals surface area contributed by atoms with Crippen LogP contribution in [0.4, 0.5) is 4.39 Å². The molecule has 164 valence electrons. The number of fused-ring (bicyclic) bond motifs is 1. The van der Waals surface area contributed by atoms with Crippen molar-refractivity contribution in [2.75, 3.05) is 12.4 Å². The maximum absolute atomic E-state index is 14.5. The van der Waals surface area contributed by atoms with E-state index in [4.69, 9.17) is 16.3 Å². The van der Waals surface area contributed by atoms with Gasteiger partial charge in [-0.05, 0) is 24.0 Å². The van der Waals surface area contributed by atoms with Crippen molar-refractivity contribution in [3.05, 3.63) is 40.7 Å². The number of esters is 1. The van der Waals surface area contributed by atoms with Crippen LogP contribution in [-0.2, 0) is 9.53 Å². The fourth-order valence-corrected chi connectivity index (χ4v) is 4.65. The van der Waals surface area contributed by atoms with Gasteiger partial charge in [0.1, 0.15) is 0 Å². The second kappa shape index (κ2) is 11.1. The van der Waals surface area contributed by atoms with E-state index in [0.29, 0.717) is 34.3 Å². The van der Waals surface area contributed by atoms with Crippen LogP contribution >= 0.6 is 23.4 Å². The van der Waals surface area contributed by atoms with E-state index >= 15 is 0 Å². The largest absolute Gasteiger partial charge is 0.465 e. The number of carbonyl (C=O) groups excluding carboxylic acids is 1. The first-order valence-electron chi connectivity index (χ1n) is 10.7. The average Bonchev–Trinajstić information content (AvgIpc) is 3.28. The lowest BCUT2D eigenvalue weighted by molar-refractivity contribution is -0.144. The van der Waals surface area contributed by atoms with Crippen LogP contribution in [0.15, 0.2) is 29.4 Å². The molecule has 1 aliphatic rings. The summed E-state index contributed by atoms with van der Waals surface area (Å²) in [4.78, 5) is 16.4. The third kappa shape index (κ3) is 5.76. The predicted octanol–water partition coefficient (Wildman–Crippen LogP) is 6.18. The lowest BCUT2D eigenvalue weighted by atomic mass is 10.0. The summed E-state index contributed by atoms with van der Waals surface area (Å²) in [6, 6.07) is 7.16. The Kier molecular flexibility index (Phi) is 8.57. The summed E-state index contributed by atoms with van der Waals surface area (Å²) in [5.41, 5.74) is 0.846. The number of carbonyl (C=O) groups is 1. The third-order valence-corrected chi connectivity index (χ3v) is 6.65. The smallest absolute Gasteiger partial charge is 0.306 e. The molecular weight excluding hydrogens is 425 g/mol. The highest BCUT2D eigenvalue weighted by Crippen LogP contribution is 2.42. The van der Waals surface area contributed by atoms with Gasteiger partial charge in [0.05, 0.1) is 19.1 Å². The molecule has 3 rings (SSSR count). The lowest BCUT2D eigenvalue weighted by Crippen LogP contribution is -2.14. The van der Waals surface area contributed by atoms with Crippen LogP contribution in [0.25, 0.3) is 0 Å². The van der Waals surface area contributed by atoms with E-state index in [1.165, 1.54) is 11.8 Å². The Morgan fingerprint density at radius 2 is 2.20 bits per heavy atom. The fourth-order valence-electron chi connectivity index (χ4n) is 3.63. The Bertz CT molecular complexity index is 848. The molecule has 0 saturated carbocycles. The maximum atomic E-state index is 14.5. The van der Waals surface area contributed by atoms with Crippen LogP contribution in [0.3, 0.4) is 0 Å². The lowest BCUT2D eigenvalue weighted by Gasteiger charge is -2.14. The molecule has 2 aromatic rings. The van der Waals surface area contributed by atoms with Gasteiger partial charge in [-0.1, -0.05) is 74.7 Å². The van der Waals surface area contributed by atoms with Crippen LogP contribution in [-0.4, -0.2) is 33.1 Å². The van der Waals surface area contributed by atoms with Gasteiger partial charge in [0.25, 0.3) is 0 Å². The van der Waals surface area contributed by atoms with E-state index in [1.54, 1.807) is 10.7 Å². The zero-order valence-corrected chi connectivity index (χ0v) is 19.1. The minimum absolute atomic E-state index is 0.207. The van der Waals surface area contributed by atoms with Gasteiger partial charge in [0.15, 0.2) is 12.0 Å². The molecule has 1 aromatic heterocycles. The number of hydrogen-bond donors (Lipinski definition) is 0. The number of rotatable bonds is 11. The number of thioether (sulfide) groups is 1. The third-order valence-electron chi connectivity index (χ3n) is 5.47. The summed E-state index contributed by atoms with van der Waals surface area (Å²) in [6.07, 6.45) is 3.82. The number of ether oxygens (including phenoxy) is 1. The second-order valence-corrected chi connectivity index (χ2v) is 9.10. The zero-order chi connectivity index (χ0) is 21.5. The predicted molar refractivity (Wildman–Crippen MR) is 118 cm³/mol. The molecule has 0 amide bonds. The Balaban J connectivity index is 1.51. The van der Waals surface area contributed by atoms with E-state index in [0.717, 1.165) is 31.2 Å². The first-order valence-corrected chi connectivity index (χ1v) is 12.0. The molecule has 5 nitrogen and oxygen atoms in total. The topological polar surface area (TPSA) is 57.0 Å². The minimum atomic E-state index is -1.17. The molecule has 8 heteroatoms. The molecule has 0 spiro atoms. The molecule has 3 atom stereocenters. The quantitative estimate of drug-likeness (QED) is 0.300. The van der Waals surface area contributed by atoms with Crippen molar-refractivity contribution in [1.29, 1.82) is 0 Å². The van der Waals surface area contributed by atoms with Crippen LogP contribution in [0.2, 0.25) is 5.02 Å². The number of alkyl halides is 1. The van der Waals surface area contributed by atoms with Gasteiger partial charge in [-0.2, -0.15) is 0 Å². The molecule has 0 aliphatic carbocycles. The molecule has 0 bridgehead atoms. The standard InChI is InChI=1S/C22H29ClFN3O2S/c1-3-5-8-15(4-2)14-29-20(28)11-12-30-22-25-21-18(24)13-19(27(21)26-22)16-9-6-7-10-17(16)23/h6-7,9-10,15,18-19H,3-5,8,11-14H2,1-2H3/t15?,18-,19-/m0/s1. The SMILES string of the molecule is CCCCC(CC)COC(=O)CCSc1nc2n(n1)[C@H](c1ccccc1Cl)C[C@@H]2F. The Hall–Kier alpha value is -1.60. The van der Waals surface area contributed by atoms with E-state index in [1.807, 2.05) is 18.2 Å². The monoisotopic (exact) mass is 453 g/mol. The number of hydrogen-bond acceptors (Lipinski definition) is 5. The molecule has 1 aromatic carbocycles. The maximum Gasteiger partial charge on any atom is 0.306 e. The molecule has 0 N–H and O–H groups in total. The summed E-state index contributed by atoms with van der Waals surface area (Å²) in [5.74, 6) is 1.05. The Morgan fingerprint density at radius 1 is 1.40 bits per heavy atom. The Labute approximate surface area is 186 Å². The van der Waals surface area contributed by atoms with Crippen molar-refractivity contribution in [3.8, 4) is 0 Å². The molecule has 0 saturated heterocycles. The zero-order valence-electron chi connectivity index (χ0n) is 17.5. The second-order valence-electron chi connectivity index (χ2n) is 7.64. The van der Waals surface area contributed by atoms with Gasteiger partial charge in [0, 0.05) is 17.2 Å². The first kappa shape index (κ1) is 23.1. The van der Waals surface area contributed by atoms with Gasteiger partial charge >= 0.3 is 5.97 Å². The van der Waals surface area contributed by atoms with Crippen molar-refractivity contribution >= 4 is 29.3 Å². The highest BCUT2D eigenvalue weighted by Gasteiger charge is 2.36. The van der Waals surface area contributed by atoms with Gasteiger partial charge in [0.2, 0.25) is 5.16 Å². The van der Waals surface area contributed by atoms with Crippen molar-refractivity contribution in [2.45, 2.75) is 69.7 Å². The van der Waals surface area contributed by atoms with E-state index < -0.39 is 6.17 Å².